The Morgan fingerprint density at radius 2 is 1.57 bits per heavy atom. The van der Waals surface area contributed by atoms with E-state index in [1.807, 2.05) is 39.0 Å². The molecule has 6 nitrogen and oxygen atoms in total. The van der Waals surface area contributed by atoms with Gasteiger partial charge in [0.2, 0.25) is 0 Å². The van der Waals surface area contributed by atoms with Crippen LogP contribution in [0.1, 0.15) is 18.1 Å². The topological polar surface area (TPSA) is 67.1 Å². The number of nitrogens with one attached hydrogen (secondary N) is 4. The van der Waals surface area contributed by atoms with Crippen LogP contribution < -0.4 is 20.4 Å². The molecule has 0 aromatic heterocycles. The van der Waals surface area contributed by atoms with E-state index in [2.05, 4.69) is 10.6 Å². The number of hydrogen-bond donors (Lipinski definition) is 4. The molecule has 0 unspecified atom stereocenters. The zero-order chi connectivity index (χ0) is 21.7. The first-order chi connectivity index (χ1) is 14.3. The van der Waals surface area contributed by atoms with Crippen LogP contribution in [0.15, 0.2) is 42.5 Å². The van der Waals surface area contributed by atoms with Crippen LogP contribution >= 0.6 is 11.6 Å². The molecule has 30 heavy (non-hydrogen) atoms. The van der Waals surface area contributed by atoms with E-state index in [0.717, 1.165) is 48.7 Å². The van der Waals surface area contributed by atoms with Crippen LogP contribution in [0.3, 0.4) is 0 Å². The summed E-state index contributed by atoms with van der Waals surface area (Å²) in [7, 11) is 0. The van der Waals surface area contributed by atoms with Gasteiger partial charge in [-0.05, 0) is 56.2 Å². The van der Waals surface area contributed by atoms with Gasteiger partial charge in [0.05, 0.1) is 0 Å². The third-order valence-electron chi connectivity index (χ3n) is 5.87. The lowest BCUT2D eigenvalue weighted by molar-refractivity contribution is -1.01. The quantitative estimate of drug-likeness (QED) is 0.545. The van der Waals surface area contributed by atoms with E-state index in [1.54, 1.807) is 24.3 Å². The van der Waals surface area contributed by atoms with Gasteiger partial charge in [-0.15, -0.1) is 0 Å². The number of benzene rings is 2. The summed E-state index contributed by atoms with van der Waals surface area (Å²) < 4.78 is 0. The third kappa shape index (κ3) is 5.81. The number of amides is 2. The molecule has 0 radical (unpaired) electrons. The Hall–Kier alpha value is -2.41. The Balaban J connectivity index is 1.46. The summed E-state index contributed by atoms with van der Waals surface area (Å²) in [6, 6.07) is 13.0. The number of hydrogen-bond acceptors (Lipinski definition) is 2. The first kappa shape index (κ1) is 22.3. The van der Waals surface area contributed by atoms with Crippen molar-refractivity contribution < 1.29 is 19.4 Å². The number of carbonyl (C=O) groups is 2. The highest BCUT2D eigenvalue weighted by atomic mass is 35.5. The SMILES string of the molecule is Cc1cccc(C)c1NC(=O)C[NH+]1CC[NH+]([C@H](C)C(=O)Nc2ccc(Cl)cc2)CC1. The van der Waals surface area contributed by atoms with Crippen LogP contribution in [-0.4, -0.2) is 50.6 Å². The number of carbonyl (C=O) groups excluding carboxylic acids is 2. The Labute approximate surface area is 183 Å². The lowest BCUT2D eigenvalue weighted by Crippen LogP contribution is -3.30. The summed E-state index contributed by atoms with van der Waals surface area (Å²) >= 11 is 5.90. The average Bonchev–Trinajstić information content (AvgIpc) is 2.72. The third-order valence-corrected chi connectivity index (χ3v) is 6.12. The maximum Gasteiger partial charge on any atom is 0.282 e. The van der Waals surface area contributed by atoms with Gasteiger partial charge in [-0.25, -0.2) is 0 Å². The Morgan fingerprint density at radius 3 is 2.17 bits per heavy atom. The van der Waals surface area contributed by atoms with E-state index < -0.39 is 0 Å². The summed E-state index contributed by atoms with van der Waals surface area (Å²) in [5, 5.41) is 6.67. The summed E-state index contributed by atoms with van der Waals surface area (Å²) in [6.45, 7) is 9.89. The summed E-state index contributed by atoms with van der Waals surface area (Å²) in [5.74, 6) is 0.0444. The van der Waals surface area contributed by atoms with Crippen molar-refractivity contribution in [3.8, 4) is 0 Å². The molecule has 0 spiro atoms. The van der Waals surface area contributed by atoms with Crippen molar-refractivity contribution >= 4 is 34.8 Å². The van der Waals surface area contributed by atoms with Gasteiger partial charge < -0.3 is 20.4 Å². The molecule has 2 aromatic rings. The number of para-hydroxylation sites is 1. The Kier molecular flexibility index (Phi) is 7.48. The summed E-state index contributed by atoms with van der Waals surface area (Å²) in [4.78, 5) is 27.6. The molecule has 1 atom stereocenters. The molecule has 0 aliphatic carbocycles. The van der Waals surface area contributed by atoms with Crippen molar-refractivity contribution in [2.75, 3.05) is 43.4 Å². The van der Waals surface area contributed by atoms with E-state index >= 15 is 0 Å². The van der Waals surface area contributed by atoms with Gasteiger partial charge in [0, 0.05) is 16.4 Å². The minimum absolute atomic E-state index is 0.00328. The second-order valence-electron chi connectivity index (χ2n) is 8.12. The fourth-order valence-electron chi connectivity index (χ4n) is 3.93. The number of halogens is 1. The van der Waals surface area contributed by atoms with Gasteiger partial charge in [0.25, 0.3) is 11.8 Å². The van der Waals surface area contributed by atoms with Gasteiger partial charge in [-0.2, -0.15) is 0 Å². The number of rotatable bonds is 6. The van der Waals surface area contributed by atoms with Crippen LogP contribution in [0.25, 0.3) is 0 Å². The molecule has 3 rings (SSSR count). The molecule has 160 valence electrons. The predicted molar refractivity (Wildman–Crippen MR) is 120 cm³/mol. The number of quaternary nitrogens is 2. The smallest absolute Gasteiger partial charge is 0.282 e. The van der Waals surface area contributed by atoms with Crippen molar-refractivity contribution in [3.63, 3.8) is 0 Å². The maximum atomic E-state index is 12.6. The molecule has 2 aromatic carbocycles. The maximum absolute atomic E-state index is 12.6. The van der Waals surface area contributed by atoms with Gasteiger partial charge >= 0.3 is 0 Å². The highest BCUT2D eigenvalue weighted by Gasteiger charge is 2.31. The molecule has 1 aliphatic heterocycles. The highest BCUT2D eigenvalue weighted by Crippen LogP contribution is 2.18. The number of piperazine rings is 1. The van der Waals surface area contributed by atoms with Gasteiger partial charge in [0.1, 0.15) is 26.2 Å². The molecular weight excluding hydrogens is 400 g/mol. The second kappa shape index (κ2) is 10.1. The van der Waals surface area contributed by atoms with Crippen molar-refractivity contribution in [2.24, 2.45) is 0 Å². The van der Waals surface area contributed by atoms with Crippen LogP contribution in [0.2, 0.25) is 5.02 Å². The Bertz CT molecular complexity index is 872. The molecule has 1 saturated heterocycles. The largest absolute Gasteiger partial charge is 0.321 e. The number of anilines is 2. The van der Waals surface area contributed by atoms with Gasteiger partial charge in [-0.3, -0.25) is 9.59 Å². The van der Waals surface area contributed by atoms with E-state index in [-0.39, 0.29) is 17.9 Å². The standard InChI is InChI=1S/C23H29ClN4O2/c1-16-5-4-6-17(2)22(16)26-21(29)15-27-11-13-28(14-12-27)18(3)23(30)25-20-9-7-19(24)8-10-20/h4-10,18H,11-15H2,1-3H3,(H,25,30)(H,26,29)/p+2/t18-/m1/s1. The highest BCUT2D eigenvalue weighted by molar-refractivity contribution is 6.30. The summed E-state index contributed by atoms with van der Waals surface area (Å²) in [6.07, 6.45) is 0. The minimum atomic E-state index is -0.148. The zero-order valence-electron chi connectivity index (χ0n) is 17.8. The van der Waals surface area contributed by atoms with Crippen LogP contribution in [-0.2, 0) is 9.59 Å². The Morgan fingerprint density at radius 1 is 0.967 bits per heavy atom. The zero-order valence-corrected chi connectivity index (χ0v) is 18.6. The normalized spacial score (nSPS) is 19.7. The first-order valence-electron chi connectivity index (χ1n) is 10.4. The van der Waals surface area contributed by atoms with Crippen molar-refractivity contribution in [1.29, 1.82) is 0 Å². The molecule has 0 saturated carbocycles. The monoisotopic (exact) mass is 430 g/mol. The van der Waals surface area contributed by atoms with Crippen LogP contribution in [0.5, 0.6) is 0 Å². The summed E-state index contributed by atoms with van der Waals surface area (Å²) in [5.41, 5.74) is 3.82. The first-order valence-corrected chi connectivity index (χ1v) is 10.8. The molecule has 1 fully saturated rings. The fraction of sp³-hybridized carbons (Fsp3) is 0.391. The van der Waals surface area contributed by atoms with Crippen LogP contribution in [0.4, 0.5) is 11.4 Å². The van der Waals surface area contributed by atoms with Crippen LogP contribution in [0, 0.1) is 13.8 Å². The molecular formula is C23H31ClN4O2+2. The van der Waals surface area contributed by atoms with Gasteiger partial charge in [0.15, 0.2) is 12.6 Å². The van der Waals surface area contributed by atoms with Crippen molar-refractivity contribution in [2.45, 2.75) is 26.8 Å². The minimum Gasteiger partial charge on any atom is -0.321 e. The van der Waals surface area contributed by atoms with E-state index in [1.165, 1.54) is 9.80 Å². The van der Waals surface area contributed by atoms with E-state index in [4.69, 9.17) is 11.6 Å². The molecule has 1 heterocycles. The second-order valence-corrected chi connectivity index (χ2v) is 8.55. The van der Waals surface area contributed by atoms with Crippen molar-refractivity contribution in [3.05, 3.63) is 58.6 Å². The van der Waals surface area contributed by atoms with E-state index in [9.17, 15) is 9.59 Å². The van der Waals surface area contributed by atoms with E-state index in [0.29, 0.717) is 11.6 Å². The fourth-order valence-corrected chi connectivity index (χ4v) is 4.05. The molecule has 2 amide bonds. The molecule has 4 N–H and O–H groups in total. The lowest BCUT2D eigenvalue weighted by atomic mass is 10.1. The molecule has 7 heteroatoms. The molecule has 1 aliphatic rings. The lowest BCUT2D eigenvalue weighted by Gasteiger charge is -2.32. The number of aryl methyl sites for hydroxylation is 2. The van der Waals surface area contributed by atoms with Gasteiger partial charge in [-0.1, -0.05) is 29.8 Å². The molecule has 0 bridgehead atoms. The van der Waals surface area contributed by atoms with Crippen molar-refractivity contribution in [1.82, 2.24) is 0 Å². The predicted octanol–water partition coefficient (Wildman–Crippen LogP) is 0.706. The average molecular weight is 431 g/mol.